The normalized spacial score (nSPS) is 17.6. The molecule has 1 saturated heterocycles. The number of rotatable bonds is 7. The number of halogens is 1. The maximum Gasteiger partial charge on any atom is 0.243 e. The first kappa shape index (κ1) is 21.5. The van der Waals surface area contributed by atoms with Gasteiger partial charge < -0.3 is 15.1 Å². The average molecular weight is 484 g/mol. The summed E-state index contributed by atoms with van der Waals surface area (Å²) in [6, 6.07) is 8.91. The van der Waals surface area contributed by atoms with Gasteiger partial charge in [0.2, 0.25) is 21.8 Å². The topological polar surface area (TPSA) is 109 Å². The van der Waals surface area contributed by atoms with Crippen molar-refractivity contribution in [3.8, 4) is 0 Å². The Balaban J connectivity index is 1.61. The van der Waals surface area contributed by atoms with E-state index in [9.17, 15) is 18.0 Å². The van der Waals surface area contributed by atoms with Gasteiger partial charge in [-0.15, -0.1) is 0 Å². The molecule has 1 aliphatic heterocycles. The molecule has 2 heterocycles. The molecule has 0 radical (unpaired) electrons. The highest BCUT2D eigenvalue weighted by Gasteiger charge is 2.37. The van der Waals surface area contributed by atoms with Gasteiger partial charge >= 0.3 is 0 Å². The molecule has 0 aliphatic carbocycles. The average Bonchev–Trinajstić information content (AvgIpc) is 3.24. The molecule has 0 saturated carbocycles. The predicted octanol–water partition coefficient (Wildman–Crippen LogP) is 2.02. The van der Waals surface area contributed by atoms with Gasteiger partial charge in [0.25, 0.3) is 0 Å². The van der Waals surface area contributed by atoms with Gasteiger partial charge in [0.15, 0.2) is 0 Å². The molecule has 2 aromatic rings. The van der Waals surface area contributed by atoms with Crippen LogP contribution in [-0.4, -0.2) is 43.7 Å². The van der Waals surface area contributed by atoms with E-state index in [1.807, 2.05) is 0 Å². The molecule has 0 bridgehead atoms. The molecule has 29 heavy (non-hydrogen) atoms. The molecule has 10 heteroatoms. The van der Waals surface area contributed by atoms with Gasteiger partial charge in [0.1, 0.15) is 11.8 Å². The summed E-state index contributed by atoms with van der Waals surface area (Å²) in [4.78, 5) is 24.7. The Kier molecular flexibility index (Phi) is 7.09. The summed E-state index contributed by atoms with van der Waals surface area (Å²) in [5.41, 5.74) is 0. The number of hydrogen-bond donors (Lipinski definition) is 2. The van der Waals surface area contributed by atoms with E-state index in [1.165, 1.54) is 22.7 Å². The lowest BCUT2D eigenvalue weighted by atomic mass is 10.0. The molecule has 1 atom stereocenters. The highest BCUT2D eigenvalue weighted by atomic mass is 79.9. The van der Waals surface area contributed by atoms with Crippen molar-refractivity contribution in [1.82, 2.24) is 14.9 Å². The Morgan fingerprint density at radius 3 is 2.59 bits per heavy atom. The zero-order valence-corrected chi connectivity index (χ0v) is 18.0. The Bertz CT molecular complexity index is 945. The number of hydrogen-bond acceptors (Lipinski definition) is 5. The molecular weight excluding hydrogens is 462 g/mol. The van der Waals surface area contributed by atoms with Crippen LogP contribution in [0.5, 0.6) is 0 Å². The summed E-state index contributed by atoms with van der Waals surface area (Å²) in [7, 11) is -3.81. The van der Waals surface area contributed by atoms with Crippen LogP contribution in [0.3, 0.4) is 0 Å². The molecule has 2 amide bonds. The van der Waals surface area contributed by atoms with Crippen LogP contribution >= 0.6 is 15.9 Å². The van der Waals surface area contributed by atoms with Gasteiger partial charge in [0.05, 0.1) is 24.2 Å². The van der Waals surface area contributed by atoms with Crippen LogP contribution in [0.25, 0.3) is 0 Å². The lowest BCUT2D eigenvalue weighted by molar-refractivity contribution is -0.129. The van der Waals surface area contributed by atoms with Crippen molar-refractivity contribution in [3.63, 3.8) is 0 Å². The molecule has 2 N–H and O–H groups in total. The second kappa shape index (κ2) is 9.55. The second-order valence-corrected chi connectivity index (χ2v) is 9.46. The third kappa shape index (κ3) is 5.46. The molecule has 0 spiro atoms. The summed E-state index contributed by atoms with van der Waals surface area (Å²) in [6.45, 7) is 0.249. The number of piperidine rings is 1. The van der Waals surface area contributed by atoms with E-state index >= 15 is 0 Å². The van der Waals surface area contributed by atoms with E-state index in [0.29, 0.717) is 18.6 Å². The van der Waals surface area contributed by atoms with Crippen molar-refractivity contribution < 1.29 is 22.4 Å². The maximum atomic E-state index is 13.0. The number of nitrogens with zero attached hydrogens (tertiary/aromatic N) is 1. The molecule has 1 unspecified atom stereocenters. The number of nitrogens with one attached hydrogen (secondary N) is 2. The maximum absolute atomic E-state index is 13.0. The van der Waals surface area contributed by atoms with Crippen LogP contribution in [0.1, 0.15) is 25.0 Å². The van der Waals surface area contributed by atoms with Crippen molar-refractivity contribution in [2.24, 2.45) is 0 Å². The van der Waals surface area contributed by atoms with Crippen LogP contribution in [-0.2, 0) is 26.2 Å². The Labute approximate surface area is 177 Å². The molecular formula is C19H22BrN3O5S. The lowest BCUT2D eigenvalue weighted by Crippen LogP contribution is -2.53. The fraction of sp³-hybridized carbons (Fsp3) is 0.368. The Morgan fingerprint density at radius 1 is 1.14 bits per heavy atom. The standard InChI is InChI=1S/C19H22BrN3O5S/c20-14-6-8-16(9-7-14)29(26,27)23-10-2-1-5-17(23)19(25)22-13-18(24)21-12-15-4-3-11-28-15/h3-4,6-9,11,17H,1-2,5,10,12-13H2,(H,21,24)(H,22,25). The minimum absolute atomic E-state index is 0.136. The van der Waals surface area contributed by atoms with Crippen LogP contribution in [0.2, 0.25) is 0 Å². The van der Waals surface area contributed by atoms with E-state index in [0.717, 1.165) is 10.9 Å². The highest BCUT2D eigenvalue weighted by Crippen LogP contribution is 2.26. The van der Waals surface area contributed by atoms with Crippen LogP contribution in [0.4, 0.5) is 0 Å². The molecule has 8 nitrogen and oxygen atoms in total. The zero-order valence-electron chi connectivity index (χ0n) is 15.6. The van der Waals surface area contributed by atoms with Gasteiger partial charge in [-0.3, -0.25) is 9.59 Å². The molecule has 1 fully saturated rings. The van der Waals surface area contributed by atoms with Crippen LogP contribution in [0.15, 0.2) is 56.4 Å². The molecule has 156 valence electrons. The summed E-state index contributed by atoms with van der Waals surface area (Å²) in [6.07, 6.45) is 3.35. The van der Waals surface area contributed by atoms with Gasteiger partial charge in [-0.1, -0.05) is 22.4 Å². The van der Waals surface area contributed by atoms with Crippen LogP contribution in [0, 0.1) is 0 Å². The van der Waals surface area contributed by atoms with Gasteiger partial charge in [-0.2, -0.15) is 4.31 Å². The van der Waals surface area contributed by atoms with E-state index in [1.54, 1.807) is 24.3 Å². The largest absolute Gasteiger partial charge is 0.467 e. The Hall–Kier alpha value is -2.17. The second-order valence-electron chi connectivity index (χ2n) is 6.66. The third-order valence-corrected chi connectivity index (χ3v) is 7.09. The molecule has 1 aromatic heterocycles. The van der Waals surface area contributed by atoms with Crippen molar-refractivity contribution in [3.05, 3.63) is 52.9 Å². The van der Waals surface area contributed by atoms with Crippen molar-refractivity contribution >= 4 is 37.8 Å². The molecule has 1 aliphatic rings. The van der Waals surface area contributed by atoms with Gasteiger partial charge in [-0.05, 0) is 49.2 Å². The van der Waals surface area contributed by atoms with Crippen molar-refractivity contribution in [1.29, 1.82) is 0 Å². The molecule has 3 rings (SSSR count). The smallest absolute Gasteiger partial charge is 0.243 e. The predicted molar refractivity (Wildman–Crippen MR) is 109 cm³/mol. The van der Waals surface area contributed by atoms with E-state index in [-0.39, 0.29) is 30.4 Å². The van der Waals surface area contributed by atoms with Gasteiger partial charge in [-0.25, -0.2) is 8.42 Å². The highest BCUT2D eigenvalue weighted by molar-refractivity contribution is 9.10. The number of carbonyl (C=O) groups excluding carboxylic acids is 2. The monoisotopic (exact) mass is 483 g/mol. The first-order valence-corrected chi connectivity index (χ1v) is 11.5. The molecule has 1 aromatic carbocycles. The number of furan rings is 1. The van der Waals surface area contributed by atoms with E-state index < -0.39 is 22.0 Å². The lowest BCUT2D eigenvalue weighted by Gasteiger charge is -2.33. The number of benzene rings is 1. The van der Waals surface area contributed by atoms with Crippen molar-refractivity contribution in [2.45, 2.75) is 36.7 Å². The minimum atomic E-state index is -3.81. The first-order chi connectivity index (χ1) is 13.9. The minimum Gasteiger partial charge on any atom is -0.467 e. The Morgan fingerprint density at radius 2 is 1.90 bits per heavy atom. The quantitative estimate of drug-likeness (QED) is 0.625. The summed E-state index contributed by atoms with van der Waals surface area (Å²) in [5, 5.41) is 5.18. The van der Waals surface area contributed by atoms with Crippen molar-refractivity contribution in [2.75, 3.05) is 13.1 Å². The van der Waals surface area contributed by atoms with E-state index in [2.05, 4.69) is 26.6 Å². The first-order valence-electron chi connectivity index (χ1n) is 9.22. The SMILES string of the molecule is O=C(CNC(=O)C1CCCCN1S(=O)(=O)c1ccc(Br)cc1)NCc1ccco1. The fourth-order valence-corrected chi connectivity index (χ4v) is 5.06. The zero-order chi connectivity index (χ0) is 20.9. The number of sulfonamides is 1. The van der Waals surface area contributed by atoms with Crippen LogP contribution < -0.4 is 10.6 Å². The fourth-order valence-electron chi connectivity index (χ4n) is 3.14. The summed E-state index contributed by atoms with van der Waals surface area (Å²) >= 11 is 3.29. The number of carbonyl (C=O) groups is 2. The van der Waals surface area contributed by atoms with E-state index in [4.69, 9.17) is 4.42 Å². The third-order valence-electron chi connectivity index (χ3n) is 4.64. The summed E-state index contributed by atoms with van der Waals surface area (Å²) in [5.74, 6) is -0.255. The number of amides is 2. The summed E-state index contributed by atoms with van der Waals surface area (Å²) < 4.78 is 33.2. The van der Waals surface area contributed by atoms with Gasteiger partial charge in [0, 0.05) is 11.0 Å².